The minimum absolute atomic E-state index is 0.179. The van der Waals surface area contributed by atoms with Crippen LogP contribution in [0, 0.1) is 5.82 Å². The molecule has 7 heteroatoms. The van der Waals surface area contributed by atoms with Crippen LogP contribution in [-0.2, 0) is 11.3 Å². The topological polar surface area (TPSA) is 59.8 Å². The molecule has 1 aliphatic rings. The number of anilines is 1. The van der Waals surface area contributed by atoms with Crippen molar-refractivity contribution in [1.82, 2.24) is 14.8 Å². The van der Waals surface area contributed by atoms with Crippen LogP contribution in [0.2, 0.25) is 0 Å². The molecule has 0 spiro atoms. The molecule has 1 saturated carbocycles. The van der Waals surface area contributed by atoms with Gasteiger partial charge < -0.3 is 9.88 Å². The number of hydrogen-bond acceptors (Lipinski definition) is 4. The van der Waals surface area contributed by atoms with Gasteiger partial charge in [0.1, 0.15) is 16.9 Å². The van der Waals surface area contributed by atoms with E-state index in [1.165, 1.54) is 23.9 Å². The SMILES string of the molecule is CCn1c(SC(C(=O)Nc2ccc(F)cc2)c2ccccc2)nnc1C1CC1. The minimum atomic E-state index is -0.493. The molecule has 0 saturated heterocycles. The van der Waals surface area contributed by atoms with Crippen LogP contribution in [0.4, 0.5) is 10.1 Å². The quantitative estimate of drug-likeness (QED) is 0.584. The lowest BCUT2D eigenvalue weighted by molar-refractivity contribution is -0.115. The van der Waals surface area contributed by atoms with Crippen molar-refractivity contribution in [1.29, 1.82) is 0 Å². The van der Waals surface area contributed by atoms with Crippen LogP contribution >= 0.6 is 11.8 Å². The third-order valence-corrected chi connectivity index (χ3v) is 5.91. The Balaban J connectivity index is 1.61. The van der Waals surface area contributed by atoms with E-state index in [2.05, 4.69) is 27.0 Å². The second-order valence-corrected chi connectivity index (χ2v) is 7.84. The second-order valence-electron chi connectivity index (χ2n) is 6.76. The monoisotopic (exact) mass is 396 g/mol. The maximum absolute atomic E-state index is 13.2. The molecule has 1 N–H and O–H groups in total. The van der Waals surface area contributed by atoms with Crippen LogP contribution in [0.1, 0.15) is 42.3 Å². The molecule has 3 aromatic rings. The first-order chi connectivity index (χ1) is 13.7. The number of nitrogens with zero attached hydrogens (tertiary/aromatic N) is 3. The summed E-state index contributed by atoms with van der Waals surface area (Å²) in [5, 5.41) is 11.9. The number of hydrogen-bond donors (Lipinski definition) is 1. The molecule has 1 unspecified atom stereocenters. The van der Waals surface area contributed by atoms with Gasteiger partial charge in [-0.15, -0.1) is 10.2 Å². The molecule has 0 radical (unpaired) electrons. The molecule has 28 heavy (non-hydrogen) atoms. The normalized spacial score (nSPS) is 14.6. The van der Waals surface area contributed by atoms with Crippen molar-refractivity contribution in [2.75, 3.05) is 5.32 Å². The van der Waals surface area contributed by atoms with Gasteiger partial charge in [-0.3, -0.25) is 4.79 Å². The van der Waals surface area contributed by atoms with Crippen LogP contribution in [-0.4, -0.2) is 20.7 Å². The number of amides is 1. The molecular weight excluding hydrogens is 375 g/mol. The summed E-state index contributed by atoms with van der Waals surface area (Å²) in [5.41, 5.74) is 1.44. The van der Waals surface area contributed by atoms with Gasteiger partial charge in [0.2, 0.25) is 5.91 Å². The minimum Gasteiger partial charge on any atom is -0.325 e. The number of rotatable bonds is 7. The molecule has 1 aromatic heterocycles. The van der Waals surface area contributed by atoms with E-state index in [9.17, 15) is 9.18 Å². The Bertz CT molecular complexity index is 954. The number of benzene rings is 2. The van der Waals surface area contributed by atoms with Crippen molar-refractivity contribution in [3.8, 4) is 0 Å². The first-order valence-electron chi connectivity index (χ1n) is 9.37. The molecule has 1 aliphatic carbocycles. The molecule has 0 bridgehead atoms. The lowest BCUT2D eigenvalue weighted by Crippen LogP contribution is -2.19. The molecule has 4 rings (SSSR count). The standard InChI is InChI=1S/C21H21FN4OS/c1-2-26-19(15-8-9-15)24-25-21(26)28-18(14-6-4-3-5-7-14)20(27)23-17-12-10-16(22)11-13-17/h3-7,10-13,15,18H,2,8-9H2,1H3,(H,23,27). The van der Waals surface area contributed by atoms with Gasteiger partial charge in [-0.25, -0.2) is 4.39 Å². The second kappa shape index (κ2) is 8.14. The van der Waals surface area contributed by atoms with Gasteiger partial charge in [-0.1, -0.05) is 42.1 Å². The summed E-state index contributed by atoms with van der Waals surface area (Å²) in [6.45, 7) is 2.83. The fraction of sp³-hybridized carbons (Fsp3) is 0.286. The van der Waals surface area contributed by atoms with Gasteiger partial charge in [-0.2, -0.15) is 0 Å². The van der Waals surface area contributed by atoms with E-state index in [1.54, 1.807) is 12.1 Å². The van der Waals surface area contributed by atoms with Crippen LogP contribution in [0.15, 0.2) is 59.8 Å². The van der Waals surface area contributed by atoms with E-state index >= 15 is 0 Å². The van der Waals surface area contributed by atoms with Gasteiger partial charge in [0, 0.05) is 18.2 Å². The smallest absolute Gasteiger partial charge is 0.242 e. The van der Waals surface area contributed by atoms with Crippen molar-refractivity contribution in [3.63, 3.8) is 0 Å². The summed E-state index contributed by atoms with van der Waals surface area (Å²) in [6, 6.07) is 15.4. The van der Waals surface area contributed by atoms with Gasteiger partial charge in [0.15, 0.2) is 5.16 Å². The fourth-order valence-electron chi connectivity index (χ4n) is 3.08. The predicted molar refractivity (Wildman–Crippen MR) is 108 cm³/mol. The average Bonchev–Trinajstić information content (AvgIpc) is 3.48. The highest BCUT2D eigenvalue weighted by Gasteiger charge is 2.31. The summed E-state index contributed by atoms with van der Waals surface area (Å²) >= 11 is 1.39. The summed E-state index contributed by atoms with van der Waals surface area (Å²) in [7, 11) is 0. The Morgan fingerprint density at radius 3 is 2.54 bits per heavy atom. The Hall–Kier alpha value is -2.67. The number of carbonyl (C=O) groups is 1. The molecule has 144 valence electrons. The molecule has 1 amide bonds. The van der Waals surface area contributed by atoms with Gasteiger partial charge in [0.25, 0.3) is 0 Å². The largest absolute Gasteiger partial charge is 0.325 e. The first kappa shape index (κ1) is 18.7. The van der Waals surface area contributed by atoms with Crippen LogP contribution in [0.5, 0.6) is 0 Å². The Morgan fingerprint density at radius 1 is 1.18 bits per heavy atom. The third kappa shape index (κ3) is 4.09. The van der Waals surface area contributed by atoms with E-state index in [1.807, 2.05) is 30.3 Å². The van der Waals surface area contributed by atoms with E-state index in [0.29, 0.717) is 11.6 Å². The maximum Gasteiger partial charge on any atom is 0.242 e. The van der Waals surface area contributed by atoms with Crippen LogP contribution < -0.4 is 5.32 Å². The predicted octanol–water partition coefficient (Wildman–Crippen LogP) is 4.79. The average molecular weight is 396 g/mol. The lowest BCUT2D eigenvalue weighted by Gasteiger charge is -2.17. The highest BCUT2D eigenvalue weighted by Crippen LogP contribution is 2.42. The van der Waals surface area contributed by atoms with Gasteiger partial charge in [0.05, 0.1) is 0 Å². The van der Waals surface area contributed by atoms with Crippen molar-refractivity contribution < 1.29 is 9.18 Å². The Morgan fingerprint density at radius 2 is 1.89 bits per heavy atom. The maximum atomic E-state index is 13.2. The number of nitrogens with one attached hydrogen (secondary N) is 1. The van der Waals surface area contributed by atoms with Crippen molar-refractivity contribution in [3.05, 3.63) is 71.8 Å². The molecular formula is C21H21FN4OS. The fourth-order valence-corrected chi connectivity index (χ4v) is 4.18. The van der Waals surface area contributed by atoms with Crippen LogP contribution in [0.25, 0.3) is 0 Å². The summed E-state index contributed by atoms with van der Waals surface area (Å²) in [6.07, 6.45) is 2.30. The Kier molecular flexibility index (Phi) is 5.43. The zero-order valence-corrected chi connectivity index (χ0v) is 16.3. The summed E-state index contributed by atoms with van der Waals surface area (Å²) in [4.78, 5) is 13.1. The van der Waals surface area contributed by atoms with E-state index in [4.69, 9.17) is 0 Å². The molecule has 2 aromatic carbocycles. The highest BCUT2D eigenvalue weighted by atomic mass is 32.2. The zero-order chi connectivity index (χ0) is 19.5. The number of aromatic nitrogens is 3. The molecule has 5 nitrogen and oxygen atoms in total. The molecule has 1 atom stereocenters. The summed E-state index contributed by atoms with van der Waals surface area (Å²) < 4.78 is 15.3. The zero-order valence-electron chi connectivity index (χ0n) is 15.5. The number of halogens is 1. The van der Waals surface area contributed by atoms with Crippen LogP contribution in [0.3, 0.4) is 0 Å². The van der Waals surface area contributed by atoms with E-state index in [-0.39, 0.29) is 11.7 Å². The molecule has 1 fully saturated rings. The van der Waals surface area contributed by atoms with E-state index in [0.717, 1.165) is 35.9 Å². The highest BCUT2D eigenvalue weighted by molar-refractivity contribution is 8.00. The first-order valence-corrected chi connectivity index (χ1v) is 10.2. The third-order valence-electron chi connectivity index (χ3n) is 4.68. The van der Waals surface area contributed by atoms with Gasteiger partial charge >= 0.3 is 0 Å². The van der Waals surface area contributed by atoms with Gasteiger partial charge in [-0.05, 0) is 49.6 Å². The van der Waals surface area contributed by atoms with Crippen molar-refractivity contribution in [2.24, 2.45) is 0 Å². The number of carbonyl (C=O) groups excluding carboxylic acids is 1. The van der Waals surface area contributed by atoms with Crippen molar-refractivity contribution in [2.45, 2.75) is 42.6 Å². The molecule has 1 heterocycles. The number of thioether (sulfide) groups is 1. The Labute approximate surface area is 167 Å². The van der Waals surface area contributed by atoms with Crippen molar-refractivity contribution >= 4 is 23.4 Å². The van der Waals surface area contributed by atoms with E-state index < -0.39 is 5.25 Å². The lowest BCUT2D eigenvalue weighted by atomic mass is 10.1. The molecule has 0 aliphatic heterocycles. The summed E-state index contributed by atoms with van der Waals surface area (Å²) in [5.74, 6) is 0.984.